The van der Waals surface area contributed by atoms with Crippen LogP contribution in [0.25, 0.3) is 0 Å². The number of hydrazine groups is 1. The predicted octanol–water partition coefficient (Wildman–Crippen LogP) is 1.26. The minimum absolute atomic E-state index is 0.0462. The molecule has 1 aromatic rings. The fourth-order valence-corrected chi connectivity index (χ4v) is 1.96. The second kappa shape index (κ2) is 6.42. The summed E-state index contributed by atoms with van der Waals surface area (Å²) in [6.45, 7) is 6.52. The maximum atomic E-state index is 11.1. The molecular formula is C13H21N3O4S. The summed E-state index contributed by atoms with van der Waals surface area (Å²) in [4.78, 5) is 11.1. The second-order valence-electron chi connectivity index (χ2n) is 5.69. The van der Waals surface area contributed by atoms with E-state index in [0.717, 1.165) is 11.8 Å². The smallest absolute Gasteiger partial charge is 0.348 e. The zero-order valence-electron chi connectivity index (χ0n) is 12.6. The third-order valence-corrected chi connectivity index (χ3v) is 3.08. The quantitative estimate of drug-likeness (QED) is 0.797. The largest absolute Gasteiger partial charge is 0.355 e. The number of urea groups is 1. The van der Waals surface area contributed by atoms with Crippen molar-refractivity contribution < 1.29 is 17.5 Å². The van der Waals surface area contributed by atoms with Crippen LogP contribution < -0.4 is 11.2 Å². The molecule has 0 saturated heterocycles. The Hall–Kier alpha value is -1.64. The third kappa shape index (κ3) is 6.11. The van der Waals surface area contributed by atoms with Gasteiger partial charge in [0.05, 0.1) is 6.26 Å². The summed E-state index contributed by atoms with van der Waals surface area (Å²) < 4.78 is 26.4. The summed E-state index contributed by atoms with van der Waals surface area (Å²) in [5, 5.41) is 0.396. The van der Waals surface area contributed by atoms with Gasteiger partial charge in [0.25, 0.3) is 10.1 Å². The summed E-state index contributed by atoms with van der Waals surface area (Å²) >= 11 is 0. The molecule has 0 saturated carbocycles. The Morgan fingerprint density at radius 2 is 1.81 bits per heavy atom. The van der Waals surface area contributed by atoms with Crippen molar-refractivity contribution in [2.45, 2.75) is 32.7 Å². The van der Waals surface area contributed by atoms with Crippen LogP contribution in [0.15, 0.2) is 24.3 Å². The van der Waals surface area contributed by atoms with E-state index in [4.69, 9.17) is 5.73 Å². The van der Waals surface area contributed by atoms with Crippen LogP contribution in [0.5, 0.6) is 0 Å². The molecule has 118 valence electrons. The molecule has 8 heteroatoms. The van der Waals surface area contributed by atoms with Gasteiger partial charge in [-0.2, -0.15) is 13.8 Å². The molecule has 3 N–H and O–H groups in total. The number of benzene rings is 1. The first-order valence-electron chi connectivity index (χ1n) is 6.31. The third-order valence-electron chi connectivity index (χ3n) is 2.66. The lowest BCUT2D eigenvalue weighted by molar-refractivity contribution is -0.0490. The van der Waals surface area contributed by atoms with Crippen molar-refractivity contribution in [3.63, 3.8) is 0 Å². The molecule has 0 aliphatic heterocycles. The molecule has 0 aliphatic carbocycles. The van der Waals surface area contributed by atoms with Crippen LogP contribution in [0.1, 0.15) is 31.9 Å². The highest BCUT2D eigenvalue weighted by Gasteiger charge is 2.17. The van der Waals surface area contributed by atoms with Crippen LogP contribution in [0.4, 0.5) is 4.79 Å². The highest BCUT2D eigenvalue weighted by atomic mass is 32.2. The van der Waals surface area contributed by atoms with E-state index in [-0.39, 0.29) is 12.0 Å². The van der Waals surface area contributed by atoms with Gasteiger partial charge in [-0.1, -0.05) is 45.0 Å². The number of nitrogens with zero attached hydrogens (tertiary/aromatic N) is 1. The minimum Gasteiger partial charge on any atom is -0.348 e. The molecule has 7 nitrogen and oxygen atoms in total. The molecule has 0 radical (unpaired) electrons. The molecule has 0 unspecified atom stereocenters. The first-order chi connectivity index (χ1) is 9.49. The van der Waals surface area contributed by atoms with Crippen molar-refractivity contribution in [2.24, 2.45) is 5.73 Å². The van der Waals surface area contributed by atoms with Crippen LogP contribution in [-0.2, 0) is 26.4 Å². The summed E-state index contributed by atoms with van der Waals surface area (Å²) in [6, 6.07) is 6.67. The number of primary amides is 1. The van der Waals surface area contributed by atoms with E-state index >= 15 is 0 Å². The first-order valence-corrected chi connectivity index (χ1v) is 8.13. The van der Waals surface area contributed by atoms with E-state index in [1.165, 1.54) is 5.56 Å². The van der Waals surface area contributed by atoms with Crippen molar-refractivity contribution in [3.8, 4) is 0 Å². The normalized spacial score (nSPS) is 12.2. The number of nitrogens with two attached hydrogens (primary N) is 1. The number of nitrogens with one attached hydrogen (secondary N) is 1. The molecule has 0 fully saturated rings. The number of hydroxylamine groups is 1. The molecule has 0 spiro atoms. The Bertz CT molecular complexity index is 591. The van der Waals surface area contributed by atoms with Crippen LogP contribution in [0.3, 0.4) is 0 Å². The van der Waals surface area contributed by atoms with E-state index in [1.807, 2.05) is 24.3 Å². The van der Waals surface area contributed by atoms with Crippen LogP contribution in [0, 0.1) is 0 Å². The van der Waals surface area contributed by atoms with Crippen molar-refractivity contribution in [3.05, 3.63) is 35.4 Å². The van der Waals surface area contributed by atoms with E-state index in [2.05, 4.69) is 30.5 Å². The van der Waals surface area contributed by atoms with Gasteiger partial charge in [0.2, 0.25) is 0 Å². The fraction of sp³-hybridized carbons (Fsp3) is 0.462. The van der Waals surface area contributed by atoms with Gasteiger partial charge in [0.15, 0.2) is 0 Å². The van der Waals surface area contributed by atoms with Crippen molar-refractivity contribution >= 4 is 16.1 Å². The van der Waals surface area contributed by atoms with Gasteiger partial charge in [-0.3, -0.25) is 0 Å². The summed E-state index contributed by atoms with van der Waals surface area (Å²) in [7, 11) is -3.84. The number of carbonyl (C=O) groups excluding carboxylic acids is 1. The maximum absolute atomic E-state index is 11.1. The molecule has 0 aromatic heterocycles. The van der Waals surface area contributed by atoms with Gasteiger partial charge < -0.3 is 5.73 Å². The van der Waals surface area contributed by atoms with Gasteiger partial charge >= 0.3 is 6.03 Å². The second-order valence-corrected chi connectivity index (χ2v) is 7.25. The number of amides is 2. The Morgan fingerprint density at radius 3 is 2.19 bits per heavy atom. The average molecular weight is 315 g/mol. The van der Waals surface area contributed by atoms with Crippen molar-refractivity contribution in [1.29, 1.82) is 0 Å². The number of rotatable bonds is 5. The zero-order chi connectivity index (χ0) is 16.3. The summed E-state index contributed by atoms with van der Waals surface area (Å²) in [5.41, 5.74) is 9.60. The van der Waals surface area contributed by atoms with E-state index in [1.54, 1.807) is 0 Å². The maximum Gasteiger partial charge on any atom is 0.355 e. The lowest BCUT2D eigenvalue weighted by atomic mass is 9.87. The summed E-state index contributed by atoms with van der Waals surface area (Å²) in [5.74, 6) is 0. The standard InChI is InChI=1S/C13H21N3O4S/c1-13(2,3)11-7-5-10(6-8-11)9-15-16(12(14)17)20-21(4,18)19/h5-8,15H,9H2,1-4H3,(H2,14,17). The average Bonchev–Trinajstić information content (AvgIpc) is 2.32. The van der Waals surface area contributed by atoms with Crippen LogP contribution >= 0.6 is 0 Å². The SMILES string of the molecule is CC(C)(C)c1ccc(CNN(OS(C)(=O)=O)C(N)=O)cc1. The molecule has 21 heavy (non-hydrogen) atoms. The molecule has 0 heterocycles. The van der Waals surface area contributed by atoms with E-state index < -0.39 is 16.1 Å². The van der Waals surface area contributed by atoms with E-state index in [9.17, 15) is 13.2 Å². The molecule has 2 amide bonds. The molecule has 0 atom stereocenters. The Morgan fingerprint density at radius 1 is 1.29 bits per heavy atom. The van der Waals surface area contributed by atoms with Gasteiger partial charge in [-0.05, 0) is 16.5 Å². The molecule has 1 rings (SSSR count). The van der Waals surface area contributed by atoms with Crippen LogP contribution in [0.2, 0.25) is 0 Å². The predicted molar refractivity (Wildman–Crippen MR) is 79.3 cm³/mol. The molecule has 1 aromatic carbocycles. The van der Waals surface area contributed by atoms with Crippen molar-refractivity contribution in [2.75, 3.05) is 6.26 Å². The van der Waals surface area contributed by atoms with Gasteiger partial charge in [-0.15, -0.1) is 9.46 Å². The Kier molecular flexibility index (Phi) is 5.32. The lowest BCUT2D eigenvalue weighted by Crippen LogP contribution is -2.46. The van der Waals surface area contributed by atoms with E-state index in [0.29, 0.717) is 5.17 Å². The molecule has 0 aliphatic rings. The number of hydrogen-bond acceptors (Lipinski definition) is 5. The number of carbonyl (C=O) groups is 1. The molecular weight excluding hydrogens is 294 g/mol. The van der Waals surface area contributed by atoms with Crippen LogP contribution in [-0.4, -0.2) is 25.9 Å². The monoisotopic (exact) mass is 315 g/mol. The lowest BCUT2D eigenvalue weighted by Gasteiger charge is -2.20. The van der Waals surface area contributed by atoms with Crippen molar-refractivity contribution in [1.82, 2.24) is 10.6 Å². The number of hydrogen-bond donors (Lipinski definition) is 2. The zero-order valence-corrected chi connectivity index (χ0v) is 13.4. The Labute approximate surface area is 125 Å². The van der Waals surface area contributed by atoms with Gasteiger partial charge in [0.1, 0.15) is 0 Å². The minimum atomic E-state index is -3.84. The fourth-order valence-electron chi connectivity index (χ4n) is 1.56. The molecule has 0 bridgehead atoms. The van der Waals surface area contributed by atoms with Gasteiger partial charge in [0, 0.05) is 6.54 Å². The first kappa shape index (κ1) is 17.4. The highest BCUT2D eigenvalue weighted by molar-refractivity contribution is 7.85. The topological polar surface area (TPSA) is 102 Å². The van der Waals surface area contributed by atoms with Gasteiger partial charge in [-0.25, -0.2) is 4.79 Å². The summed E-state index contributed by atoms with van der Waals surface area (Å²) in [6.07, 6.45) is 0.822. The Balaban J connectivity index is 2.71. The highest BCUT2D eigenvalue weighted by Crippen LogP contribution is 2.22.